The van der Waals surface area contributed by atoms with Crippen LogP contribution in [0.25, 0.3) is 0 Å². The molecule has 43 heavy (non-hydrogen) atoms. The quantitative estimate of drug-likeness (QED) is 0.224. The molecule has 0 heterocycles. The molecule has 0 aliphatic heterocycles. The molecule has 0 saturated carbocycles. The molecule has 13 heteroatoms. The van der Waals surface area contributed by atoms with E-state index in [1.54, 1.807) is 27.7 Å². The van der Waals surface area contributed by atoms with Crippen molar-refractivity contribution < 1.29 is 72.6 Å². The summed E-state index contributed by atoms with van der Waals surface area (Å²) in [5.74, 6) is 0. The Hall–Kier alpha value is 0.917. The molecule has 0 amide bonds. The Bertz CT molecular complexity index is 548. The molecule has 0 fully saturated rings. The molecule has 0 aromatic carbocycles. The van der Waals surface area contributed by atoms with Gasteiger partial charge >= 0.3 is 18.1 Å². The van der Waals surface area contributed by atoms with Crippen molar-refractivity contribution in [3.8, 4) is 0 Å². The molecule has 10 nitrogen and oxygen atoms in total. The topological polar surface area (TPSA) is 136 Å². The van der Waals surface area contributed by atoms with Crippen molar-refractivity contribution in [2.45, 2.75) is 198 Å². The van der Waals surface area contributed by atoms with E-state index in [-0.39, 0.29) is 38.4 Å². The number of hydrogen-bond donors (Lipinski definition) is 4. The minimum atomic E-state index is -3.66. The zero-order valence-electron chi connectivity index (χ0n) is 31.9. The van der Waals surface area contributed by atoms with Gasteiger partial charge in [-0.1, -0.05) is 0 Å². The van der Waals surface area contributed by atoms with Gasteiger partial charge in [-0.3, -0.25) is 0 Å². The molecule has 0 radical (unpaired) electrons. The van der Waals surface area contributed by atoms with Crippen LogP contribution in [0.3, 0.4) is 0 Å². The van der Waals surface area contributed by atoms with Gasteiger partial charge in [0.05, 0.1) is 33.6 Å². The maximum Gasteiger partial charge on any atom is 0.678 e. The minimum absolute atomic E-state index is 0. The number of aliphatic hydroxyl groups excluding tert-OH is 2. The van der Waals surface area contributed by atoms with Crippen molar-refractivity contribution in [2.24, 2.45) is 0 Å². The van der Waals surface area contributed by atoms with Crippen molar-refractivity contribution in [3.63, 3.8) is 0 Å². The summed E-state index contributed by atoms with van der Waals surface area (Å²) in [4.78, 5) is 21.0. The van der Waals surface area contributed by atoms with Gasteiger partial charge in [-0.25, -0.2) is 0 Å². The van der Waals surface area contributed by atoms with E-state index in [1.165, 1.54) is 0 Å². The normalized spacial score (nSPS) is 13.7. The van der Waals surface area contributed by atoms with E-state index in [0.717, 1.165) is 0 Å². The largest absolute Gasteiger partial charge is 0.678 e. The maximum atomic E-state index is 10.5. The van der Waals surface area contributed by atoms with Gasteiger partial charge < -0.3 is 46.4 Å². The van der Waals surface area contributed by atoms with Crippen LogP contribution >= 0.6 is 0 Å². The van der Waals surface area contributed by atoms with E-state index in [4.69, 9.17) is 36.8 Å². The summed E-state index contributed by atoms with van der Waals surface area (Å²) in [5, 5.41) is 16.1. The van der Waals surface area contributed by atoms with Gasteiger partial charge in [0, 0.05) is 38.4 Å². The standard InChI is InChI=1S/2C12H28O4Si.2C3H8O.Zr/c2*1-10(2,3)14-17(13,15-11(4,5)6)16-12(7,8)9;2*1-3(2)4;/h2*13H,1-9H3;2*3-4H,1-2H3;. The predicted octanol–water partition coefficient (Wildman–Crippen LogP) is 6.49. The van der Waals surface area contributed by atoms with Crippen LogP contribution in [0.2, 0.25) is 0 Å². The molecule has 0 aromatic rings. The molecule has 0 bridgehead atoms. The van der Waals surface area contributed by atoms with Crippen molar-refractivity contribution in [2.75, 3.05) is 0 Å². The minimum Gasteiger partial charge on any atom is -0.394 e. The molecule has 0 unspecified atom stereocenters. The molecule has 4 N–H and O–H groups in total. The summed E-state index contributed by atoms with van der Waals surface area (Å²) in [6.45, 7) is 40.4. The Morgan fingerprint density at radius 2 is 0.419 bits per heavy atom. The van der Waals surface area contributed by atoms with Crippen LogP contribution in [0.5, 0.6) is 0 Å². The Morgan fingerprint density at radius 3 is 0.465 bits per heavy atom. The van der Waals surface area contributed by atoms with Crippen LogP contribution in [0.4, 0.5) is 0 Å². The Kier molecular flexibility index (Phi) is 25.2. The smallest absolute Gasteiger partial charge is 0.394 e. The molecular formula is C30H72O10Si2Zr. The number of aliphatic hydroxyl groups is 2. The third-order valence-corrected chi connectivity index (χ3v) is 7.83. The van der Waals surface area contributed by atoms with E-state index in [1.807, 2.05) is 125 Å². The fourth-order valence-corrected chi connectivity index (χ4v) is 7.34. The molecular weight excluding hydrogens is 668 g/mol. The third kappa shape index (κ3) is 52.7. The van der Waals surface area contributed by atoms with Crippen molar-refractivity contribution in [1.82, 2.24) is 0 Å². The third-order valence-electron chi connectivity index (χ3n) is 2.61. The average Bonchev–Trinajstić information content (AvgIpc) is 2.39. The predicted molar refractivity (Wildman–Crippen MR) is 176 cm³/mol. The van der Waals surface area contributed by atoms with Gasteiger partial charge in [0.15, 0.2) is 0 Å². The zero-order chi connectivity index (χ0) is 35.4. The van der Waals surface area contributed by atoms with Crippen LogP contribution in [0.15, 0.2) is 0 Å². The van der Waals surface area contributed by atoms with Crippen LogP contribution < -0.4 is 0 Å². The van der Waals surface area contributed by atoms with Crippen molar-refractivity contribution in [1.29, 1.82) is 0 Å². The van der Waals surface area contributed by atoms with Crippen LogP contribution in [0, 0.1) is 0 Å². The fraction of sp³-hybridized carbons (Fsp3) is 1.00. The van der Waals surface area contributed by atoms with Gasteiger partial charge in [0.2, 0.25) is 0 Å². The van der Waals surface area contributed by atoms with Crippen LogP contribution in [0.1, 0.15) is 152 Å². The summed E-state index contributed by atoms with van der Waals surface area (Å²) in [6, 6.07) is 0. The number of hydrogen-bond acceptors (Lipinski definition) is 10. The first-order valence-corrected chi connectivity index (χ1v) is 18.1. The van der Waals surface area contributed by atoms with E-state index in [0.29, 0.717) is 0 Å². The maximum absolute atomic E-state index is 10.5. The Labute approximate surface area is 287 Å². The zero-order valence-corrected chi connectivity index (χ0v) is 36.4. The van der Waals surface area contributed by atoms with Gasteiger partial charge in [-0.05, 0) is 152 Å². The second-order valence-corrected chi connectivity index (χ2v) is 19.8. The Morgan fingerprint density at radius 1 is 0.349 bits per heavy atom. The van der Waals surface area contributed by atoms with Gasteiger partial charge in [-0.2, -0.15) is 0 Å². The molecule has 0 rings (SSSR count). The monoisotopic (exact) mass is 738 g/mol. The second kappa shape index (κ2) is 20.3. The van der Waals surface area contributed by atoms with Crippen LogP contribution in [-0.2, 0) is 52.8 Å². The van der Waals surface area contributed by atoms with E-state index >= 15 is 0 Å². The average molecular weight is 740 g/mol. The molecule has 0 saturated heterocycles. The molecule has 0 aliphatic rings. The first kappa shape index (κ1) is 53.4. The van der Waals surface area contributed by atoms with Gasteiger partial charge in [0.25, 0.3) is 0 Å². The van der Waals surface area contributed by atoms with E-state index in [2.05, 4.69) is 0 Å². The van der Waals surface area contributed by atoms with E-state index < -0.39 is 51.7 Å². The molecule has 264 valence electrons. The second-order valence-electron chi connectivity index (χ2n) is 16.5. The molecule has 0 aliphatic carbocycles. The summed E-state index contributed by atoms with van der Waals surface area (Å²) in [5.41, 5.74) is -3.10. The SMILES string of the molecule is CC(C)(C)O[Si](O)(OC(C)(C)C)OC(C)(C)C.CC(C)(C)O[Si](O)(OC(C)(C)C)OC(C)(C)C.CC(C)O.CC(C)O.[Zr]. The molecule has 0 spiro atoms. The Balaban J connectivity index is -0.000000175. The van der Waals surface area contributed by atoms with Gasteiger partial charge in [0.1, 0.15) is 0 Å². The molecule has 0 atom stereocenters. The van der Waals surface area contributed by atoms with Crippen LogP contribution in [-0.4, -0.2) is 83.7 Å². The fourth-order valence-electron chi connectivity index (χ4n) is 2.45. The summed E-state index contributed by atoms with van der Waals surface area (Å²) >= 11 is 0. The molecule has 0 aromatic heterocycles. The first-order valence-electron chi connectivity index (χ1n) is 14.7. The van der Waals surface area contributed by atoms with Crippen molar-refractivity contribution >= 4 is 18.1 Å². The van der Waals surface area contributed by atoms with E-state index in [9.17, 15) is 9.59 Å². The van der Waals surface area contributed by atoms with Gasteiger partial charge in [-0.15, -0.1) is 0 Å². The summed E-state index contributed by atoms with van der Waals surface area (Å²) < 4.78 is 33.8. The summed E-state index contributed by atoms with van der Waals surface area (Å²) in [6.07, 6.45) is -0.333. The van der Waals surface area contributed by atoms with Crippen molar-refractivity contribution in [3.05, 3.63) is 0 Å². The first-order chi connectivity index (χ1) is 17.7. The number of rotatable bonds is 6. The summed E-state index contributed by atoms with van der Waals surface area (Å²) in [7, 11) is -7.31.